The van der Waals surface area contributed by atoms with Gasteiger partial charge in [-0.05, 0) is 0 Å². The van der Waals surface area contributed by atoms with Crippen LogP contribution in [0.2, 0.25) is 0 Å². The van der Waals surface area contributed by atoms with E-state index in [0.717, 1.165) is 5.84 Å². The largest absolute Gasteiger partial charge is 0.238 e. The summed E-state index contributed by atoms with van der Waals surface area (Å²) >= 11 is 5.53. The molecule has 1 aliphatic rings. The Hall–Kier alpha value is -0.500. The Morgan fingerprint density at radius 3 is 2.44 bits per heavy atom. The van der Waals surface area contributed by atoms with Crippen LogP contribution in [0.1, 0.15) is 13.8 Å². The van der Waals surface area contributed by atoms with E-state index in [2.05, 4.69) is 10.3 Å². The lowest BCUT2D eigenvalue weighted by Gasteiger charge is -2.01. The summed E-state index contributed by atoms with van der Waals surface area (Å²) < 4.78 is 0. The molecule has 0 saturated heterocycles. The van der Waals surface area contributed by atoms with E-state index in [9.17, 15) is 0 Å². The quantitative estimate of drug-likeness (QED) is 0.500. The molecule has 49 valence electrons. The molecule has 2 nitrogen and oxygen atoms in total. The molecule has 0 aromatic carbocycles. The van der Waals surface area contributed by atoms with E-state index < -0.39 is 0 Å². The Bertz CT molecular complexity index is 170. The van der Waals surface area contributed by atoms with E-state index in [0.29, 0.717) is 11.1 Å². The van der Waals surface area contributed by atoms with Gasteiger partial charge >= 0.3 is 0 Å². The van der Waals surface area contributed by atoms with Crippen molar-refractivity contribution in [3.05, 3.63) is 11.4 Å². The number of halogens is 1. The summed E-state index contributed by atoms with van der Waals surface area (Å²) in [5.41, 5.74) is 0. The zero-order valence-corrected chi connectivity index (χ0v) is 6.18. The molecule has 0 aliphatic carbocycles. The van der Waals surface area contributed by atoms with Gasteiger partial charge in [-0.3, -0.25) is 0 Å². The highest BCUT2D eigenvalue weighted by Gasteiger charge is 2.11. The lowest BCUT2D eigenvalue weighted by molar-refractivity contribution is 0.852. The summed E-state index contributed by atoms with van der Waals surface area (Å²) in [5, 5.41) is 4.45. The number of hydrogen-bond donors (Lipinski definition) is 0. The standard InChI is InChI=1S/C6H8ClN2/c1-4(2)6-8-3-5(7)9-6/h3-4H,1-2H3. The smallest absolute Gasteiger partial charge is 0.149 e. The highest BCUT2D eigenvalue weighted by atomic mass is 35.5. The maximum Gasteiger partial charge on any atom is 0.149 e. The number of aliphatic imine (C=N–C) groups is 1. The molecule has 0 atom stereocenters. The van der Waals surface area contributed by atoms with Gasteiger partial charge in [-0.25, -0.2) is 10.3 Å². The highest BCUT2D eigenvalue weighted by Crippen LogP contribution is 2.10. The zero-order chi connectivity index (χ0) is 6.85. The van der Waals surface area contributed by atoms with Crippen LogP contribution < -0.4 is 5.32 Å². The average molecular weight is 144 g/mol. The molecule has 3 heteroatoms. The second-order valence-electron chi connectivity index (χ2n) is 2.21. The summed E-state index contributed by atoms with van der Waals surface area (Å²) in [7, 11) is 0. The van der Waals surface area contributed by atoms with Crippen molar-refractivity contribution >= 4 is 17.4 Å². The molecule has 0 amide bonds. The Kier molecular flexibility index (Phi) is 1.76. The molecule has 0 unspecified atom stereocenters. The van der Waals surface area contributed by atoms with Crippen LogP contribution in [0.4, 0.5) is 0 Å². The van der Waals surface area contributed by atoms with Crippen molar-refractivity contribution in [3.63, 3.8) is 0 Å². The van der Waals surface area contributed by atoms with E-state index in [1.165, 1.54) is 0 Å². The first-order chi connectivity index (χ1) is 4.20. The van der Waals surface area contributed by atoms with Gasteiger partial charge in [0.2, 0.25) is 0 Å². The van der Waals surface area contributed by atoms with Crippen molar-refractivity contribution in [2.75, 3.05) is 0 Å². The maximum absolute atomic E-state index is 5.53. The van der Waals surface area contributed by atoms with Crippen molar-refractivity contribution < 1.29 is 0 Å². The van der Waals surface area contributed by atoms with E-state index in [-0.39, 0.29) is 0 Å². The van der Waals surface area contributed by atoms with Crippen LogP contribution in [-0.4, -0.2) is 5.84 Å². The molecular formula is C6H8ClN2. The highest BCUT2D eigenvalue weighted by molar-refractivity contribution is 6.31. The summed E-state index contributed by atoms with van der Waals surface area (Å²) in [5.74, 6) is 1.19. The van der Waals surface area contributed by atoms with Crippen LogP contribution in [-0.2, 0) is 0 Å². The Balaban J connectivity index is 2.54. The van der Waals surface area contributed by atoms with E-state index >= 15 is 0 Å². The fourth-order valence-corrected chi connectivity index (χ4v) is 0.700. The zero-order valence-electron chi connectivity index (χ0n) is 5.43. The third kappa shape index (κ3) is 1.45. The van der Waals surface area contributed by atoms with Gasteiger partial charge in [0.1, 0.15) is 11.0 Å². The first-order valence-electron chi connectivity index (χ1n) is 2.85. The topological polar surface area (TPSA) is 26.5 Å². The predicted molar refractivity (Wildman–Crippen MR) is 38.3 cm³/mol. The van der Waals surface area contributed by atoms with Gasteiger partial charge in [0.05, 0.1) is 6.20 Å². The third-order valence-electron chi connectivity index (χ3n) is 1.04. The van der Waals surface area contributed by atoms with Crippen LogP contribution in [0.25, 0.3) is 0 Å². The minimum atomic E-state index is 0.373. The molecule has 1 heterocycles. The first-order valence-corrected chi connectivity index (χ1v) is 3.23. The average Bonchev–Trinajstić information content (AvgIpc) is 2.14. The lowest BCUT2D eigenvalue weighted by Crippen LogP contribution is -2.15. The Morgan fingerprint density at radius 2 is 2.22 bits per heavy atom. The van der Waals surface area contributed by atoms with E-state index in [4.69, 9.17) is 11.6 Å². The van der Waals surface area contributed by atoms with Gasteiger partial charge in [-0.1, -0.05) is 25.4 Å². The number of hydrogen-bond acceptors (Lipinski definition) is 1. The lowest BCUT2D eigenvalue weighted by atomic mass is 10.2. The van der Waals surface area contributed by atoms with Gasteiger partial charge in [-0.2, -0.15) is 0 Å². The van der Waals surface area contributed by atoms with Crippen molar-refractivity contribution in [1.29, 1.82) is 0 Å². The fraction of sp³-hybridized carbons (Fsp3) is 0.500. The predicted octanol–water partition coefficient (Wildman–Crippen LogP) is 1.70. The van der Waals surface area contributed by atoms with Crippen LogP contribution >= 0.6 is 11.6 Å². The van der Waals surface area contributed by atoms with Crippen molar-refractivity contribution in [2.45, 2.75) is 13.8 Å². The SMILES string of the molecule is CC(C)C1=NC=C(Cl)[N]1. The van der Waals surface area contributed by atoms with Crippen LogP contribution in [0.15, 0.2) is 16.3 Å². The molecule has 1 radical (unpaired) electrons. The molecule has 0 N–H and O–H groups in total. The van der Waals surface area contributed by atoms with Crippen LogP contribution in [0.5, 0.6) is 0 Å². The molecule has 0 spiro atoms. The van der Waals surface area contributed by atoms with Crippen LogP contribution in [0.3, 0.4) is 0 Å². The van der Waals surface area contributed by atoms with E-state index in [1.54, 1.807) is 6.20 Å². The number of nitrogens with zero attached hydrogens (tertiary/aromatic N) is 2. The summed E-state index contributed by atoms with van der Waals surface area (Å²) in [4.78, 5) is 3.97. The Morgan fingerprint density at radius 1 is 1.56 bits per heavy atom. The minimum absolute atomic E-state index is 0.373. The maximum atomic E-state index is 5.53. The molecule has 0 fully saturated rings. The van der Waals surface area contributed by atoms with Crippen molar-refractivity contribution in [1.82, 2.24) is 5.32 Å². The normalized spacial score (nSPS) is 17.3. The molecule has 1 rings (SSSR count). The van der Waals surface area contributed by atoms with Gasteiger partial charge in [0.25, 0.3) is 0 Å². The second kappa shape index (κ2) is 2.40. The van der Waals surface area contributed by atoms with Crippen molar-refractivity contribution in [2.24, 2.45) is 10.9 Å². The monoisotopic (exact) mass is 143 g/mol. The first kappa shape index (κ1) is 6.62. The van der Waals surface area contributed by atoms with Gasteiger partial charge in [-0.15, -0.1) is 0 Å². The Labute approximate surface area is 59.6 Å². The van der Waals surface area contributed by atoms with Crippen molar-refractivity contribution in [3.8, 4) is 0 Å². The molecule has 0 saturated carbocycles. The summed E-state index contributed by atoms with van der Waals surface area (Å²) in [6, 6.07) is 0. The van der Waals surface area contributed by atoms with E-state index in [1.807, 2.05) is 13.8 Å². The number of rotatable bonds is 1. The molecular weight excluding hydrogens is 136 g/mol. The van der Waals surface area contributed by atoms with Gasteiger partial charge < -0.3 is 0 Å². The van der Waals surface area contributed by atoms with Crippen LogP contribution in [0, 0.1) is 5.92 Å². The molecule has 9 heavy (non-hydrogen) atoms. The molecule has 1 aliphatic heterocycles. The second-order valence-corrected chi connectivity index (χ2v) is 2.59. The minimum Gasteiger partial charge on any atom is -0.238 e. The van der Waals surface area contributed by atoms with Gasteiger partial charge in [0, 0.05) is 5.92 Å². The molecule has 0 aromatic heterocycles. The third-order valence-corrected chi connectivity index (χ3v) is 1.22. The summed E-state index contributed by atoms with van der Waals surface area (Å²) in [6.07, 6.45) is 1.57. The number of amidine groups is 1. The molecule has 0 aromatic rings. The summed E-state index contributed by atoms with van der Waals surface area (Å²) in [6.45, 7) is 4.07. The van der Waals surface area contributed by atoms with Gasteiger partial charge in [0.15, 0.2) is 0 Å². The molecule has 0 bridgehead atoms. The fourth-order valence-electron chi connectivity index (χ4n) is 0.565.